The van der Waals surface area contributed by atoms with Crippen LogP contribution in [0.1, 0.15) is 216 Å². The Morgan fingerprint density at radius 1 is 0.466 bits per heavy atom. The van der Waals surface area contributed by atoms with Crippen LogP contribution in [0, 0.1) is 141 Å². The molecule has 488 valence electrons. The predicted molar refractivity (Wildman–Crippen MR) is 348 cm³/mol. The van der Waals surface area contributed by atoms with Crippen molar-refractivity contribution >= 4 is 45.7 Å². The van der Waals surface area contributed by atoms with Crippen LogP contribution < -0.4 is 0 Å². The molecule has 88 heavy (non-hydrogen) atoms. The number of aliphatic imine (C=N–C) groups is 2. The third-order valence-corrected chi connectivity index (χ3v) is 30.5. The van der Waals surface area contributed by atoms with E-state index in [2.05, 4.69) is 109 Å². The number of ketones is 3. The summed E-state index contributed by atoms with van der Waals surface area (Å²) in [5.41, 5.74) is -0.851. The standard InChI is InChI=1S/2C24H37N3O2.C22H35BrO2.C3H4N2/c1-15-12-19-16(13-24(15,3)29)4-5-18-17(19)8-9-23(2)20(18)6-7-21(23)22(28)14-27-11-10-25-26-27;1-15-12-19-16(13-24(15,3)29)4-5-18-17(19)8-9-23(2)20(18)6-7-21(23)22(28)14-27-25-10-11-26-27;1-13-10-17-14(11-22(13,3)25)4-5-16-15(17)8-9-21(2)18(16)6-7-19(21)20(24)12-23;1-2-5-3-4-1/h2*10-11,15-21,29H,4-9,12-14H2,1-3H3;13-19,25H,4-12H2,1-3H3;1-2H,3H2/t2*15-,16-,17-,18+,19-,20-,21+,23-,24-;13-,14-,15-,16+,17-,18-,19+,21-,22-;/m000./s1. The molecule has 3 heterocycles. The van der Waals surface area contributed by atoms with E-state index in [4.69, 9.17) is 0 Å². The quantitative estimate of drug-likeness (QED) is 0.214. The number of fused-ring (bicyclic) bond motifs is 15. The molecule has 0 saturated heterocycles. The number of rotatable bonds is 8. The smallest absolute Gasteiger partial charge is 0.159 e. The van der Waals surface area contributed by atoms with Crippen LogP contribution in [-0.2, 0) is 27.5 Å². The summed E-state index contributed by atoms with van der Waals surface area (Å²) in [5.74, 6) is 14.6. The molecule has 0 unspecified atom stereocenters. The van der Waals surface area contributed by atoms with E-state index >= 15 is 0 Å². The van der Waals surface area contributed by atoms with Crippen molar-refractivity contribution in [1.82, 2.24) is 30.0 Å². The van der Waals surface area contributed by atoms with E-state index in [-0.39, 0.29) is 28.1 Å². The minimum absolute atomic E-state index is 0.157. The van der Waals surface area contributed by atoms with Crippen LogP contribution in [-0.4, -0.2) is 104 Å². The number of nitrogens with zero attached hydrogens (tertiary/aromatic N) is 8. The van der Waals surface area contributed by atoms with Gasteiger partial charge in [-0.15, -0.1) is 5.10 Å². The predicted octanol–water partition coefficient (Wildman–Crippen LogP) is 13.5. The van der Waals surface area contributed by atoms with E-state index < -0.39 is 16.8 Å². The molecule has 0 bridgehead atoms. The zero-order chi connectivity index (χ0) is 62.3. The molecule has 0 radical (unpaired) electrons. The first kappa shape index (κ1) is 65.1. The molecule has 2 aromatic heterocycles. The Morgan fingerprint density at radius 2 is 0.841 bits per heavy atom. The molecule has 15 heteroatoms. The molecule has 14 nitrogen and oxygen atoms in total. The molecule has 0 amide bonds. The Morgan fingerprint density at radius 3 is 1.18 bits per heavy atom. The van der Waals surface area contributed by atoms with Gasteiger partial charge < -0.3 is 15.3 Å². The summed E-state index contributed by atoms with van der Waals surface area (Å²) in [6.45, 7) is 21.5. The Bertz CT molecular complexity index is 2680. The number of alkyl halides is 1. The lowest BCUT2D eigenvalue weighted by Gasteiger charge is -2.58. The number of carbonyl (C=O) groups is 3. The Kier molecular flexibility index (Phi) is 18.8. The van der Waals surface area contributed by atoms with Crippen molar-refractivity contribution in [2.75, 3.05) is 12.0 Å². The van der Waals surface area contributed by atoms with Crippen molar-refractivity contribution in [3.63, 3.8) is 0 Å². The van der Waals surface area contributed by atoms with Gasteiger partial charge in [0.1, 0.15) is 25.5 Å². The summed E-state index contributed by atoms with van der Waals surface area (Å²) >= 11 is 3.42. The first-order valence-corrected chi connectivity index (χ1v) is 37.0. The van der Waals surface area contributed by atoms with Gasteiger partial charge in [-0.1, -0.05) is 62.7 Å². The van der Waals surface area contributed by atoms with Gasteiger partial charge in [0, 0.05) is 36.4 Å². The van der Waals surface area contributed by atoms with Crippen LogP contribution in [0.2, 0.25) is 0 Å². The molecular formula is C73H113BrN8O6. The van der Waals surface area contributed by atoms with Crippen molar-refractivity contribution in [1.29, 1.82) is 0 Å². The molecule has 27 atom stereocenters. The molecule has 0 aromatic carbocycles. The molecular weight excluding hydrogens is 1160 g/mol. The molecule has 12 fully saturated rings. The van der Waals surface area contributed by atoms with Crippen LogP contribution >= 0.6 is 15.9 Å². The van der Waals surface area contributed by atoms with Crippen LogP contribution in [0.3, 0.4) is 0 Å². The van der Waals surface area contributed by atoms with E-state index in [9.17, 15) is 29.7 Å². The monoisotopic (exact) mass is 1280 g/mol. The lowest BCUT2D eigenvalue weighted by Crippen LogP contribution is -2.53. The highest BCUT2D eigenvalue weighted by Crippen LogP contribution is 2.69. The molecule has 3 N–H and O–H groups in total. The molecule has 12 saturated carbocycles. The maximum atomic E-state index is 13.2. The first-order valence-electron chi connectivity index (χ1n) is 35.8. The summed E-state index contributed by atoms with van der Waals surface area (Å²) in [5, 5.41) is 49.1. The van der Waals surface area contributed by atoms with Crippen LogP contribution in [0.4, 0.5) is 0 Å². The van der Waals surface area contributed by atoms with Crippen LogP contribution in [0.15, 0.2) is 34.8 Å². The van der Waals surface area contributed by atoms with Crippen molar-refractivity contribution < 1.29 is 29.7 Å². The van der Waals surface area contributed by atoms with E-state index in [1.54, 1.807) is 46.7 Å². The van der Waals surface area contributed by atoms with E-state index in [0.29, 0.717) is 89.8 Å². The fourth-order valence-electron chi connectivity index (χ4n) is 24.8. The average Bonchev–Trinajstić information content (AvgIpc) is 1.45. The summed E-state index contributed by atoms with van der Waals surface area (Å²) in [7, 11) is 0. The maximum Gasteiger partial charge on any atom is 0.159 e. The number of aliphatic hydroxyl groups is 3. The Balaban J connectivity index is 0.000000124. The van der Waals surface area contributed by atoms with Crippen molar-refractivity contribution in [3.8, 4) is 0 Å². The van der Waals surface area contributed by atoms with Gasteiger partial charge in [0.2, 0.25) is 0 Å². The van der Waals surface area contributed by atoms with Gasteiger partial charge in [-0.3, -0.25) is 24.4 Å². The highest BCUT2D eigenvalue weighted by atomic mass is 79.9. The van der Waals surface area contributed by atoms with Crippen molar-refractivity contribution in [2.45, 2.75) is 246 Å². The lowest BCUT2D eigenvalue weighted by molar-refractivity contribution is -0.137. The largest absolute Gasteiger partial charge is 0.390 e. The van der Waals surface area contributed by atoms with Crippen LogP contribution in [0.5, 0.6) is 0 Å². The number of hydrogen-bond donors (Lipinski definition) is 3. The lowest BCUT2D eigenvalue weighted by atomic mass is 9.48. The summed E-state index contributed by atoms with van der Waals surface area (Å²) in [6, 6.07) is 0. The summed E-state index contributed by atoms with van der Waals surface area (Å²) in [6.07, 6.45) is 38.9. The first-order chi connectivity index (χ1) is 41.9. The SMILES string of the molecule is C1=NCN=C1.C[C@H]1C[C@H]2[C@@H](CC[C@@H]3[C@@H]2CC[C@]2(C)[C@@H](C(=O)CBr)CC[C@@H]32)C[C@]1(C)O.C[C@H]1C[C@H]2[C@@H](CC[C@@H]3[C@@H]2CC[C@]2(C)[C@@H](C(=O)Cn4ccnn4)CC[C@@H]32)C[C@]1(C)O.C[C@H]1C[C@H]2[C@@H](CC[C@@H]3[C@@H]2CC[C@]2(C)[C@@H](C(=O)Cn4nccn4)CC[C@@H]32)C[C@]1(C)O. The van der Waals surface area contributed by atoms with Gasteiger partial charge in [-0.2, -0.15) is 15.0 Å². The zero-order valence-electron chi connectivity index (χ0n) is 55.4. The third-order valence-electron chi connectivity index (χ3n) is 29.9. The normalized spacial score (nSPS) is 49.1. The highest BCUT2D eigenvalue weighted by Gasteiger charge is 2.63. The summed E-state index contributed by atoms with van der Waals surface area (Å²) in [4.78, 5) is 47.8. The number of Topliss-reactive ketones (excluding diaryl/α,β-unsaturated/α-hetero) is 3. The van der Waals surface area contributed by atoms with Gasteiger partial charge in [0.05, 0.1) is 40.7 Å². The van der Waals surface area contributed by atoms with Gasteiger partial charge in [0.15, 0.2) is 11.6 Å². The van der Waals surface area contributed by atoms with Gasteiger partial charge in [0.25, 0.3) is 0 Å². The fourth-order valence-corrected chi connectivity index (χ4v) is 25.2. The van der Waals surface area contributed by atoms with Crippen molar-refractivity contribution in [3.05, 3.63) is 24.8 Å². The minimum atomic E-state index is -0.484. The molecule has 0 spiro atoms. The zero-order valence-corrected chi connectivity index (χ0v) is 57.0. The second kappa shape index (κ2) is 25.4. The maximum absolute atomic E-state index is 13.2. The molecule has 1 aliphatic heterocycles. The number of carbonyl (C=O) groups excluding carboxylic acids is 3. The van der Waals surface area contributed by atoms with Crippen LogP contribution in [0.25, 0.3) is 0 Å². The number of aromatic nitrogens is 6. The van der Waals surface area contributed by atoms with E-state index in [0.717, 1.165) is 104 Å². The van der Waals surface area contributed by atoms with Crippen molar-refractivity contribution in [2.24, 2.45) is 151 Å². The van der Waals surface area contributed by atoms with Gasteiger partial charge in [-0.05, 0) is 298 Å². The fraction of sp³-hybridized carbons (Fsp3) is 0.877. The third kappa shape index (κ3) is 12.1. The number of hydrogen-bond acceptors (Lipinski definition) is 12. The number of halogens is 1. The Labute approximate surface area is 536 Å². The highest BCUT2D eigenvalue weighted by molar-refractivity contribution is 9.09. The minimum Gasteiger partial charge on any atom is -0.390 e. The van der Waals surface area contributed by atoms with Gasteiger partial charge >= 0.3 is 0 Å². The van der Waals surface area contributed by atoms with E-state index in [1.807, 2.05) is 0 Å². The average molecular weight is 1280 g/mol. The second-order valence-electron chi connectivity index (χ2n) is 33.9. The second-order valence-corrected chi connectivity index (χ2v) is 34.5. The topological polar surface area (TPSA) is 198 Å². The molecule has 12 aliphatic carbocycles. The summed E-state index contributed by atoms with van der Waals surface area (Å²) < 4.78 is 1.69. The van der Waals surface area contributed by atoms with Gasteiger partial charge in [-0.25, -0.2) is 4.68 Å². The molecule has 13 aliphatic rings. The molecule has 2 aromatic rings. The Hall–Kier alpha value is -3.01. The molecule has 15 rings (SSSR count). The van der Waals surface area contributed by atoms with E-state index in [1.165, 1.54) is 116 Å².